The topological polar surface area (TPSA) is 32.3 Å². The predicted octanol–water partition coefficient (Wildman–Crippen LogP) is 1.87. The number of hydrogen-bond donors (Lipinski definition) is 1. The normalized spacial score (nSPS) is 21.8. The number of nitrogens with zero attached hydrogens (tertiary/aromatic N) is 1. The second-order valence-electron chi connectivity index (χ2n) is 4.71. The SMILES string of the molecule is CNCC1CCCN(C(=O)C(C)CSC)C1.Cl. The third-order valence-corrected chi connectivity index (χ3v) is 4.00. The number of rotatable bonds is 5. The van der Waals surface area contributed by atoms with Crippen molar-refractivity contribution in [2.75, 3.05) is 38.7 Å². The summed E-state index contributed by atoms with van der Waals surface area (Å²) in [6.45, 7) is 4.97. The Morgan fingerprint density at radius 1 is 1.59 bits per heavy atom. The highest BCUT2D eigenvalue weighted by molar-refractivity contribution is 7.98. The lowest BCUT2D eigenvalue weighted by Crippen LogP contribution is -2.44. The van der Waals surface area contributed by atoms with E-state index in [0.29, 0.717) is 11.8 Å². The average molecular weight is 281 g/mol. The Morgan fingerprint density at radius 2 is 2.29 bits per heavy atom. The van der Waals surface area contributed by atoms with Crippen LogP contribution in [0.25, 0.3) is 0 Å². The Kier molecular flexibility index (Phi) is 9.10. The second kappa shape index (κ2) is 9.06. The van der Waals surface area contributed by atoms with Crippen molar-refractivity contribution in [2.45, 2.75) is 19.8 Å². The molecule has 1 heterocycles. The van der Waals surface area contributed by atoms with Crippen LogP contribution in [-0.4, -0.2) is 49.5 Å². The Morgan fingerprint density at radius 3 is 2.88 bits per heavy atom. The zero-order valence-electron chi connectivity index (χ0n) is 11.1. The zero-order valence-corrected chi connectivity index (χ0v) is 12.7. The summed E-state index contributed by atoms with van der Waals surface area (Å²) in [4.78, 5) is 14.2. The van der Waals surface area contributed by atoms with Crippen molar-refractivity contribution in [1.29, 1.82) is 0 Å². The Hall–Kier alpha value is 0.0700. The van der Waals surface area contributed by atoms with Gasteiger partial charge in [-0.2, -0.15) is 11.8 Å². The van der Waals surface area contributed by atoms with Gasteiger partial charge < -0.3 is 10.2 Å². The van der Waals surface area contributed by atoms with E-state index in [1.807, 2.05) is 14.0 Å². The van der Waals surface area contributed by atoms with E-state index < -0.39 is 0 Å². The molecular formula is C12H25ClN2OS. The number of piperidine rings is 1. The van der Waals surface area contributed by atoms with Gasteiger partial charge in [-0.05, 0) is 38.6 Å². The van der Waals surface area contributed by atoms with Gasteiger partial charge in [0.25, 0.3) is 0 Å². The molecule has 0 bridgehead atoms. The van der Waals surface area contributed by atoms with Crippen LogP contribution in [0.15, 0.2) is 0 Å². The average Bonchev–Trinajstić information content (AvgIpc) is 2.29. The molecule has 0 aromatic carbocycles. The molecule has 0 radical (unpaired) electrons. The Labute approximate surface area is 115 Å². The van der Waals surface area contributed by atoms with Gasteiger partial charge in [0.1, 0.15) is 0 Å². The van der Waals surface area contributed by atoms with Crippen LogP contribution in [-0.2, 0) is 4.79 Å². The van der Waals surface area contributed by atoms with Crippen molar-refractivity contribution >= 4 is 30.1 Å². The van der Waals surface area contributed by atoms with Crippen LogP contribution in [0.4, 0.5) is 0 Å². The number of thioether (sulfide) groups is 1. The Bertz CT molecular complexity index is 227. The standard InChI is InChI=1S/C12H24N2OS.ClH/c1-10(9-16-3)12(15)14-6-4-5-11(8-14)7-13-2;/h10-11,13H,4-9H2,1-3H3;1H. The van der Waals surface area contributed by atoms with E-state index in [2.05, 4.69) is 16.5 Å². The van der Waals surface area contributed by atoms with E-state index in [4.69, 9.17) is 0 Å². The molecular weight excluding hydrogens is 256 g/mol. The first-order chi connectivity index (χ1) is 7.69. The van der Waals surface area contributed by atoms with Crippen LogP contribution in [0.2, 0.25) is 0 Å². The second-order valence-corrected chi connectivity index (χ2v) is 5.62. The number of nitrogens with one attached hydrogen (secondary N) is 1. The van der Waals surface area contributed by atoms with Crippen LogP contribution in [0.5, 0.6) is 0 Å². The fraction of sp³-hybridized carbons (Fsp3) is 0.917. The molecule has 0 spiro atoms. The lowest BCUT2D eigenvalue weighted by molar-refractivity contribution is -0.136. The molecule has 3 nitrogen and oxygen atoms in total. The number of amides is 1. The van der Waals surface area contributed by atoms with Crippen LogP contribution in [0.3, 0.4) is 0 Å². The number of hydrogen-bond acceptors (Lipinski definition) is 3. The van der Waals surface area contributed by atoms with Crippen molar-refractivity contribution in [1.82, 2.24) is 10.2 Å². The molecule has 1 aliphatic rings. The van der Waals surface area contributed by atoms with Crippen molar-refractivity contribution < 1.29 is 4.79 Å². The molecule has 1 amide bonds. The van der Waals surface area contributed by atoms with E-state index in [1.165, 1.54) is 6.42 Å². The van der Waals surface area contributed by atoms with Gasteiger partial charge in [-0.25, -0.2) is 0 Å². The summed E-state index contributed by atoms with van der Waals surface area (Å²) in [5, 5.41) is 3.21. The summed E-state index contributed by atoms with van der Waals surface area (Å²) in [6.07, 6.45) is 4.47. The first-order valence-corrected chi connectivity index (χ1v) is 7.50. The molecule has 102 valence electrons. The van der Waals surface area contributed by atoms with Gasteiger partial charge in [0.05, 0.1) is 0 Å². The van der Waals surface area contributed by atoms with E-state index in [-0.39, 0.29) is 18.3 Å². The van der Waals surface area contributed by atoms with Crippen molar-refractivity contribution in [3.05, 3.63) is 0 Å². The summed E-state index contributed by atoms with van der Waals surface area (Å²) in [5.41, 5.74) is 0. The molecule has 2 atom stereocenters. The highest BCUT2D eigenvalue weighted by Gasteiger charge is 2.25. The van der Waals surface area contributed by atoms with Crippen LogP contribution in [0, 0.1) is 11.8 Å². The maximum atomic E-state index is 12.1. The molecule has 0 aromatic heterocycles. The summed E-state index contributed by atoms with van der Waals surface area (Å²) in [6, 6.07) is 0. The number of carbonyl (C=O) groups excluding carboxylic acids is 1. The lowest BCUT2D eigenvalue weighted by Gasteiger charge is -2.34. The minimum Gasteiger partial charge on any atom is -0.342 e. The summed E-state index contributed by atoms with van der Waals surface area (Å²) < 4.78 is 0. The number of halogens is 1. The molecule has 1 N–H and O–H groups in total. The largest absolute Gasteiger partial charge is 0.342 e. The first kappa shape index (κ1) is 17.1. The van der Waals surface area contributed by atoms with Crippen molar-refractivity contribution in [3.63, 3.8) is 0 Å². The third-order valence-electron chi connectivity index (χ3n) is 3.16. The molecule has 0 aliphatic carbocycles. The van der Waals surface area contributed by atoms with Gasteiger partial charge in [0.2, 0.25) is 5.91 Å². The summed E-state index contributed by atoms with van der Waals surface area (Å²) >= 11 is 1.75. The van der Waals surface area contributed by atoms with E-state index in [0.717, 1.165) is 31.8 Å². The van der Waals surface area contributed by atoms with Crippen LogP contribution >= 0.6 is 24.2 Å². The molecule has 5 heteroatoms. The minimum absolute atomic E-state index is 0. The van der Waals surface area contributed by atoms with Gasteiger partial charge in [-0.15, -0.1) is 12.4 Å². The van der Waals surface area contributed by atoms with E-state index in [9.17, 15) is 4.79 Å². The lowest BCUT2D eigenvalue weighted by atomic mass is 9.97. The van der Waals surface area contributed by atoms with Gasteiger partial charge in [0, 0.05) is 24.8 Å². The van der Waals surface area contributed by atoms with Gasteiger partial charge >= 0.3 is 0 Å². The maximum Gasteiger partial charge on any atom is 0.226 e. The molecule has 2 unspecified atom stereocenters. The fourth-order valence-electron chi connectivity index (χ4n) is 2.35. The molecule has 17 heavy (non-hydrogen) atoms. The summed E-state index contributed by atoms with van der Waals surface area (Å²) in [5.74, 6) is 2.09. The maximum absolute atomic E-state index is 12.1. The van der Waals surface area contributed by atoms with Gasteiger partial charge in [-0.1, -0.05) is 6.92 Å². The first-order valence-electron chi connectivity index (χ1n) is 6.11. The highest BCUT2D eigenvalue weighted by atomic mass is 35.5. The highest BCUT2D eigenvalue weighted by Crippen LogP contribution is 2.18. The number of likely N-dealkylation sites (tertiary alicyclic amines) is 1. The minimum atomic E-state index is 0. The van der Waals surface area contributed by atoms with E-state index in [1.54, 1.807) is 11.8 Å². The van der Waals surface area contributed by atoms with Gasteiger partial charge in [-0.3, -0.25) is 4.79 Å². The molecule has 1 rings (SSSR count). The third kappa shape index (κ3) is 5.49. The molecule has 1 saturated heterocycles. The monoisotopic (exact) mass is 280 g/mol. The quantitative estimate of drug-likeness (QED) is 0.834. The van der Waals surface area contributed by atoms with Crippen molar-refractivity contribution in [3.8, 4) is 0 Å². The molecule has 1 fully saturated rings. The predicted molar refractivity (Wildman–Crippen MR) is 78.0 cm³/mol. The van der Waals surface area contributed by atoms with Gasteiger partial charge in [0.15, 0.2) is 0 Å². The zero-order chi connectivity index (χ0) is 12.0. The summed E-state index contributed by atoms with van der Waals surface area (Å²) in [7, 11) is 1.98. The van der Waals surface area contributed by atoms with Crippen LogP contribution in [0.1, 0.15) is 19.8 Å². The van der Waals surface area contributed by atoms with Crippen LogP contribution < -0.4 is 5.32 Å². The number of carbonyl (C=O) groups is 1. The molecule has 0 aromatic rings. The molecule has 1 aliphatic heterocycles. The van der Waals surface area contributed by atoms with E-state index >= 15 is 0 Å². The van der Waals surface area contributed by atoms with Crippen molar-refractivity contribution in [2.24, 2.45) is 11.8 Å². The smallest absolute Gasteiger partial charge is 0.226 e. The Balaban J connectivity index is 0.00000256. The fourth-order valence-corrected chi connectivity index (χ4v) is 3.00. The molecule has 0 saturated carbocycles.